The van der Waals surface area contributed by atoms with Crippen LogP contribution in [0.4, 0.5) is 5.69 Å². The van der Waals surface area contributed by atoms with E-state index in [-0.39, 0.29) is 24.3 Å². The SMILES string of the molecule is O=C(COCc1ccccc1)Nc1ccc(-c2cc3c(o2)CCN(C(=O)C2CC2)C3)cc1. The maximum Gasteiger partial charge on any atom is 0.250 e. The minimum atomic E-state index is -0.192. The summed E-state index contributed by atoms with van der Waals surface area (Å²) < 4.78 is 11.5. The number of nitrogens with one attached hydrogen (secondary N) is 1. The van der Waals surface area contributed by atoms with E-state index in [2.05, 4.69) is 5.32 Å². The largest absolute Gasteiger partial charge is 0.461 e. The second-order valence-corrected chi connectivity index (χ2v) is 8.45. The van der Waals surface area contributed by atoms with Gasteiger partial charge in [-0.15, -0.1) is 0 Å². The van der Waals surface area contributed by atoms with E-state index in [9.17, 15) is 9.59 Å². The molecule has 1 aromatic heterocycles. The molecule has 6 nitrogen and oxygen atoms in total. The van der Waals surface area contributed by atoms with Gasteiger partial charge < -0.3 is 19.4 Å². The number of carbonyl (C=O) groups is 2. The Hall–Kier alpha value is -3.38. The van der Waals surface area contributed by atoms with E-state index in [1.807, 2.05) is 65.6 Å². The molecule has 32 heavy (non-hydrogen) atoms. The van der Waals surface area contributed by atoms with Crippen LogP contribution in [0.25, 0.3) is 11.3 Å². The number of benzene rings is 2. The summed E-state index contributed by atoms with van der Waals surface area (Å²) in [5, 5.41) is 2.85. The van der Waals surface area contributed by atoms with Crippen molar-refractivity contribution < 1.29 is 18.7 Å². The molecule has 1 fully saturated rings. The molecule has 0 saturated heterocycles. The van der Waals surface area contributed by atoms with Gasteiger partial charge in [0, 0.05) is 42.2 Å². The number of hydrogen-bond donors (Lipinski definition) is 1. The molecule has 2 heterocycles. The number of anilines is 1. The lowest BCUT2D eigenvalue weighted by Crippen LogP contribution is -2.36. The van der Waals surface area contributed by atoms with Gasteiger partial charge in [-0.25, -0.2) is 0 Å². The van der Waals surface area contributed by atoms with Gasteiger partial charge in [-0.05, 0) is 48.7 Å². The van der Waals surface area contributed by atoms with Crippen LogP contribution in [-0.2, 0) is 33.9 Å². The fourth-order valence-corrected chi connectivity index (χ4v) is 4.00. The molecule has 2 aromatic carbocycles. The summed E-state index contributed by atoms with van der Waals surface area (Å²) in [6.07, 6.45) is 2.81. The van der Waals surface area contributed by atoms with E-state index in [0.717, 1.165) is 54.0 Å². The summed E-state index contributed by atoms with van der Waals surface area (Å²) in [5.74, 6) is 2.09. The molecule has 0 bridgehead atoms. The topological polar surface area (TPSA) is 71.8 Å². The van der Waals surface area contributed by atoms with E-state index < -0.39 is 0 Å². The molecule has 5 rings (SSSR count). The molecule has 1 N–H and O–H groups in total. The Labute approximate surface area is 187 Å². The van der Waals surface area contributed by atoms with Crippen molar-refractivity contribution in [3.8, 4) is 11.3 Å². The first-order chi connectivity index (χ1) is 15.7. The minimum absolute atomic E-state index is 0.00235. The lowest BCUT2D eigenvalue weighted by Gasteiger charge is -2.26. The van der Waals surface area contributed by atoms with Crippen molar-refractivity contribution in [1.82, 2.24) is 4.90 Å². The summed E-state index contributed by atoms with van der Waals surface area (Å²) in [6, 6.07) is 19.4. The molecule has 2 aliphatic rings. The van der Waals surface area contributed by atoms with Gasteiger partial charge >= 0.3 is 0 Å². The number of ether oxygens (including phenoxy) is 1. The molecular formula is C26H26N2O4. The average Bonchev–Trinajstić information content (AvgIpc) is 3.58. The van der Waals surface area contributed by atoms with Crippen molar-refractivity contribution in [2.45, 2.75) is 32.4 Å². The van der Waals surface area contributed by atoms with Crippen LogP contribution in [0.15, 0.2) is 65.1 Å². The lowest BCUT2D eigenvalue weighted by atomic mass is 10.1. The summed E-state index contributed by atoms with van der Waals surface area (Å²) >= 11 is 0. The predicted octanol–water partition coefficient (Wildman–Crippen LogP) is 4.40. The Morgan fingerprint density at radius 3 is 2.59 bits per heavy atom. The van der Waals surface area contributed by atoms with E-state index in [0.29, 0.717) is 18.8 Å². The summed E-state index contributed by atoms with van der Waals surface area (Å²) in [7, 11) is 0. The van der Waals surface area contributed by atoms with Gasteiger partial charge in [-0.3, -0.25) is 9.59 Å². The molecule has 1 saturated carbocycles. The zero-order valence-corrected chi connectivity index (χ0v) is 17.9. The fraction of sp³-hybridized carbons (Fsp3) is 0.308. The average molecular weight is 431 g/mol. The molecule has 0 unspecified atom stereocenters. The van der Waals surface area contributed by atoms with Gasteiger partial charge in [0.25, 0.3) is 0 Å². The molecule has 0 spiro atoms. The van der Waals surface area contributed by atoms with Crippen molar-refractivity contribution in [3.63, 3.8) is 0 Å². The highest BCUT2D eigenvalue weighted by Gasteiger charge is 2.35. The standard InChI is InChI=1S/C26H26N2O4/c29-25(17-31-16-18-4-2-1-3-5-18)27-22-10-8-19(9-11-22)24-14-21-15-28(13-12-23(21)32-24)26(30)20-6-7-20/h1-5,8-11,14,20H,6-7,12-13,15-17H2,(H,27,29). The molecule has 1 aliphatic carbocycles. The first-order valence-electron chi connectivity index (χ1n) is 11.1. The normalized spacial score (nSPS) is 15.3. The van der Waals surface area contributed by atoms with Crippen LogP contribution in [0.5, 0.6) is 0 Å². The molecule has 2 amide bonds. The highest BCUT2D eigenvalue weighted by Crippen LogP contribution is 2.35. The van der Waals surface area contributed by atoms with Crippen molar-refractivity contribution in [2.24, 2.45) is 5.92 Å². The second kappa shape index (κ2) is 9.01. The Morgan fingerprint density at radius 1 is 1.06 bits per heavy atom. The Balaban J connectivity index is 1.15. The first-order valence-corrected chi connectivity index (χ1v) is 11.1. The van der Waals surface area contributed by atoms with Gasteiger partial charge in [-0.2, -0.15) is 0 Å². The minimum Gasteiger partial charge on any atom is -0.461 e. The van der Waals surface area contributed by atoms with Crippen LogP contribution >= 0.6 is 0 Å². The van der Waals surface area contributed by atoms with Gasteiger partial charge in [0.1, 0.15) is 18.1 Å². The Morgan fingerprint density at radius 2 is 1.84 bits per heavy atom. The van der Waals surface area contributed by atoms with Crippen molar-refractivity contribution in [2.75, 3.05) is 18.5 Å². The molecular weight excluding hydrogens is 404 g/mol. The van der Waals surface area contributed by atoms with Crippen molar-refractivity contribution in [1.29, 1.82) is 0 Å². The van der Waals surface area contributed by atoms with E-state index in [4.69, 9.17) is 9.15 Å². The quantitative estimate of drug-likeness (QED) is 0.603. The number of nitrogens with zero attached hydrogens (tertiary/aromatic N) is 1. The smallest absolute Gasteiger partial charge is 0.250 e. The zero-order valence-electron chi connectivity index (χ0n) is 17.9. The van der Waals surface area contributed by atoms with Gasteiger partial charge in [0.05, 0.1) is 6.61 Å². The van der Waals surface area contributed by atoms with Crippen molar-refractivity contribution >= 4 is 17.5 Å². The molecule has 0 atom stereocenters. The number of hydrogen-bond acceptors (Lipinski definition) is 4. The summed E-state index contributed by atoms with van der Waals surface area (Å²) in [5.41, 5.74) is 3.77. The Bertz CT molecular complexity index is 1100. The van der Waals surface area contributed by atoms with Crippen LogP contribution in [-0.4, -0.2) is 29.9 Å². The number of carbonyl (C=O) groups excluding carboxylic acids is 2. The highest BCUT2D eigenvalue weighted by atomic mass is 16.5. The lowest BCUT2D eigenvalue weighted by molar-refractivity contribution is -0.133. The summed E-state index contributed by atoms with van der Waals surface area (Å²) in [6.45, 7) is 1.76. The van der Waals surface area contributed by atoms with Crippen LogP contribution in [0, 0.1) is 5.92 Å². The third kappa shape index (κ3) is 4.75. The van der Waals surface area contributed by atoms with Gasteiger partial charge in [-0.1, -0.05) is 30.3 Å². The monoisotopic (exact) mass is 430 g/mol. The van der Waals surface area contributed by atoms with E-state index in [1.54, 1.807) is 0 Å². The van der Waals surface area contributed by atoms with Crippen molar-refractivity contribution in [3.05, 3.63) is 77.6 Å². The second-order valence-electron chi connectivity index (χ2n) is 8.45. The van der Waals surface area contributed by atoms with Gasteiger partial charge in [0.15, 0.2) is 0 Å². The Kier molecular flexibility index (Phi) is 5.77. The molecule has 0 radical (unpaired) electrons. The number of amides is 2. The highest BCUT2D eigenvalue weighted by molar-refractivity contribution is 5.91. The molecule has 6 heteroatoms. The number of furan rings is 1. The van der Waals surface area contributed by atoms with Crippen LogP contribution in [0.3, 0.4) is 0 Å². The van der Waals surface area contributed by atoms with E-state index >= 15 is 0 Å². The summed E-state index contributed by atoms with van der Waals surface area (Å²) in [4.78, 5) is 26.5. The predicted molar refractivity (Wildman–Crippen MR) is 121 cm³/mol. The third-order valence-electron chi connectivity index (χ3n) is 5.90. The third-order valence-corrected chi connectivity index (χ3v) is 5.90. The molecule has 3 aromatic rings. The van der Waals surface area contributed by atoms with Crippen LogP contribution in [0.1, 0.15) is 29.7 Å². The van der Waals surface area contributed by atoms with Gasteiger partial charge in [0.2, 0.25) is 11.8 Å². The number of rotatable bonds is 7. The number of fused-ring (bicyclic) bond motifs is 1. The first kappa shape index (κ1) is 20.5. The zero-order chi connectivity index (χ0) is 21.9. The molecule has 164 valence electrons. The fourth-order valence-electron chi connectivity index (χ4n) is 4.00. The van der Waals surface area contributed by atoms with E-state index in [1.165, 1.54) is 0 Å². The maximum absolute atomic E-state index is 12.4. The maximum atomic E-state index is 12.4. The molecule has 1 aliphatic heterocycles. The van der Waals surface area contributed by atoms with Crippen LogP contribution < -0.4 is 5.32 Å². The van der Waals surface area contributed by atoms with Crippen LogP contribution in [0.2, 0.25) is 0 Å².